The van der Waals surface area contributed by atoms with Crippen molar-refractivity contribution in [3.8, 4) is 0 Å². The predicted octanol–water partition coefficient (Wildman–Crippen LogP) is 3.76. The quantitative estimate of drug-likeness (QED) is 0.863. The molecule has 1 aromatic rings. The highest BCUT2D eigenvalue weighted by molar-refractivity contribution is 9.10. The first-order valence-electron chi connectivity index (χ1n) is 7.66. The molecule has 1 heterocycles. The fourth-order valence-electron chi connectivity index (χ4n) is 2.87. The predicted molar refractivity (Wildman–Crippen MR) is 92.2 cm³/mol. The monoisotopic (exact) mass is 368 g/mol. The van der Waals surface area contributed by atoms with E-state index in [1.165, 1.54) is 5.56 Å². The van der Waals surface area contributed by atoms with Gasteiger partial charge >= 0.3 is 6.09 Å². The average Bonchev–Trinajstić information content (AvgIpc) is 2.36. The maximum absolute atomic E-state index is 12.0. The largest absolute Gasteiger partial charge is 0.444 e. The minimum atomic E-state index is -0.463. The van der Waals surface area contributed by atoms with Crippen LogP contribution in [0.25, 0.3) is 0 Å². The summed E-state index contributed by atoms with van der Waals surface area (Å²) < 4.78 is 6.44. The van der Waals surface area contributed by atoms with Gasteiger partial charge in [0.25, 0.3) is 0 Å². The Bertz CT molecular complexity index is 510. The SMILES string of the molecule is CN1C[C@H](NC(=O)OC(C)(C)C)C[C@H](c2ccc(Br)cc2)C1. The van der Waals surface area contributed by atoms with E-state index >= 15 is 0 Å². The number of benzene rings is 1. The summed E-state index contributed by atoms with van der Waals surface area (Å²) in [5.41, 5.74) is 0.848. The van der Waals surface area contributed by atoms with Crippen LogP contribution in [-0.4, -0.2) is 42.8 Å². The number of halogens is 1. The number of amides is 1. The van der Waals surface area contributed by atoms with E-state index < -0.39 is 5.60 Å². The number of piperidine rings is 1. The Morgan fingerprint density at radius 3 is 2.50 bits per heavy atom. The lowest BCUT2D eigenvalue weighted by Gasteiger charge is -2.36. The van der Waals surface area contributed by atoms with Gasteiger partial charge in [0.15, 0.2) is 0 Å². The van der Waals surface area contributed by atoms with Crippen LogP contribution in [0.2, 0.25) is 0 Å². The van der Waals surface area contributed by atoms with Crippen molar-refractivity contribution in [3.05, 3.63) is 34.3 Å². The van der Waals surface area contributed by atoms with Crippen molar-refractivity contribution in [2.75, 3.05) is 20.1 Å². The molecule has 122 valence electrons. The van der Waals surface area contributed by atoms with E-state index in [-0.39, 0.29) is 12.1 Å². The number of ether oxygens (including phenoxy) is 1. The van der Waals surface area contributed by atoms with Crippen LogP contribution in [0.3, 0.4) is 0 Å². The molecule has 1 saturated heterocycles. The lowest BCUT2D eigenvalue weighted by Crippen LogP contribution is -2.49. The number of hydrogen-bond donors (Lipinski definition) is 1. The van der Waals surface area contributed by atoms with Crippen molar-refractivity contribution >= 4 is 22.0 Å². The van der Waals surface area contributed by atoms with Gasteiger partial charge < -0.3 is 15.0 Å². The number of nitrogens with one attached hydrogen (secondary N) is 1. The van der Waals surface area contributed by atoms with E-state index in [0.29, 0.717) is 5.92 Å². The minimum Gasteiger partial charge on any atom is -0.444 e. The molecule has 22 heavy (non-hydrogen) atoms. The third-order valence-electron chi connectivity index (χ3n) is 3.70. The van der Waals surface area contributed by atoms with Crippen LogP contribution in [0.4, 0.5) is 4.79 Å². The molecular formula is C17H25BrN2O2. The first kappa shape index (κ1) is 17.3. The molecule has 1 N–H and O–H groups in total. The molecule has 2 atom stereocenters. The summed E-state index contributed by atoms with van der Waals surface area (Å²) in [5, 5.41) is 3.00. The van der Waals surface area contributed by atoms with E-state index in [1.54, 1.807) is 0 Å². The van der Waals surface area contributed by atoms with Gasteiger partial charge in [-0.05, 0) is 57.9 Å². The molecule has 1 aliphatic heterocycles. The number of likely N-dealkylation sites (N-methyl/N-ethyl adjacent to an activating group) is 1. The molecule has 4 nitrogen and oxygen atoms in total. The number of alkyl carbamates (subject to hydrolysis) is 1. The normalized spacial score (nSPS) is 23.1. The molecule has 1 aromatic carbocycles. The van der Waals surface area contributed by atoms with Crippen molar-refractivity contribution in [1.29, 1.82) is 0 Å². The summed E-state index contributed by atoms with van der Waals surface area (Å²) in [4.78, 5) is 14.2. The van der Waals surface area contributed by atoms with Gasteiger partial charge in [-0.25, -0.2) is 4.79 Å². The molecule has 0 radical (unpaired) electrons. The van der Waals surface area contributed by atoms with E-state index in [0.717, 1.165) is 24.0 Å². The highest BCUT2D eigenvalue weighted by Gasteiger charge is 2.28. The summed E-state index contributed by atoms with van der Waals surface area (Å²) in [7, 11) is 2.09. The summed E-state index contributed by atoms with van der Waals surface area (Å²) in [6.45, 7) is 7.50. The number of nitrogens with zero attached hydrogens (tertiary/aromatic N) is 1. The summed E-state index contributed by atoms with van der Waals surface area (Å²) in [6, 6.07) is 8.56. The molecule has 0 unspecified atom stereocenters. The highest BCUT2D eigenvalue weighted by atomic mass is 79.9. The molecule has 0 bridgehead atoms. The minimum absolute atomic E-state index is 0.113. The first-order chi connectivity index (χ1) is 10.2. The van der Waals surface area contributed by atoms with Gasteiger partial charge in [-0.3, -0.25) is 0 Å². The zero-order valence-corrected chi connectivity index (χ0v) is 15.3. The topological polar surface area (TPSA) is 41.6 Å². The molecule has 0 spiro atoms. The van der Waals surface area contributed by atoms with E-state index in [1.807, 2.05) is 20.8 Å². The van der Waals surface area contributed by atoms with Crippen LogP contribution in [0.5, 0.6) is 0 Å². The van der Waals surface area contributed by atoms with Crippen molar-refractivity contribution in [2.45, 2.75) is 44.8 Å². The number of carbonyl (C=O) groups is 1. The van der Waals surface area contributed by atoms with Gasteiger partial charge in [-0.1, -0.05) is 28.1 Å². The van der Waals surface area contributed by atoms with E-state index in [4.69, 9.17) is 4.74 Å². The Hall–Kier alpha value is -1.07. The molecule has 2 rings (SSSR count). The average molecular weight is 369 g/mol. The first-order valence-corrected chi connectivity index (χ1v) is 8.46. The fourth-order valence-corrected chi connectivity index (χ4v) is 3.14. The van der Waals surface area contributed by atoms with Crippen LogP contribution in [0.1, 0.15) is 38.7 Å². The Balaban J connectivity index is 1.99. The molecule has 1 fully saturated rings. The molecule has 0 aliphatic carbocycles. The van der Waals surface area contributed by atoms with Gasteiger partial charge in [-0.15, -0.1) is 0 Å². The van der Waals surface area contributed by atoms with Crippen molar-refractivity contribution < 1.29 is 9.53 Å². The summed E-state index contributed by atoms with van der Waals surface area (Å²) in [6.07, 6.45) is 0.605. The Morgan fingerprint density at radius 2 is 1.91 bits per heavy atom. The number of rotatable bonds is 2. The Labute approximate surface area is 141 Å². The summed E-state index contributed by atoms with van der Waals surface area (Å²) in [5.74, 6) is 0.423. The third kappa shape index (κ3) is 5.29. The van der Waals surface area contributed by atoms with Crippen LogP contribution in [-0.2, 0) is 4.74 Å². The van der Waals surface area contributed by atoms with Crippen molar-refractivity contribution in [1.82, 2.24) is 10.2 Å². The van der Waals surface area contributed by atoms with Crippen molar-refractivity contribution in [2.24, 2.45) is 0 Å². The zero-order valence-electron chi connectivity index (χ0n) is 13.7. The standard InChI is InChI=1S/C17H25BrN2O2/c1-17(2,3)22-16(21)19-15-9-13(10-20(4)11-15)12-5-7-14(18)8-6-12/h5-8,13,15H,9-11H2,1-4H3,(H,19,21)/t13-,15+/m0/s1. The van der Waals surface area contributed by atoms with Crippen LogP contribution >= 0.6 is 15.9 Å². The molecular weight excluding hydrogens is 344 g/mol. The van der Waals surface area contributed by atoms with Gasteiger partial charge in [0.2, 0.25) is 0 Å². The van der Waals surface area contributed by atoms with Crippen LogP contribution in [0, 0.1) is 0 Å². The number of hydrogen-bond acceptors (Lipinski definition) is 3. The van der Waals surface area contributed by atoms with Gasteiger partial charge in [0.05, 0.1) is 0 Å². The van der Waals surface area contributed by atoms with Crippen LogP contribution in [0.15, 0.2) is 28.7 Å². The van der Waals surface area contributed by atoms with Gasteiger partial charge in [0.1, 0.15) is 5.60 Å². The fraction of sp³-hybridized carbons (Fsp3) is 0.588. The zero-order chi connectivity index (χ0) is 16.3. The second-order valence-electron chi connectivity index (χ2n) is 7.05. The Morgan fingerprint density at radius 1 is 1.27 bits per heavy atom. The summed E-state index contributed by atoms with van der Waals surface area (Å²) >= 11 is 3.47. The van der Waals surface area contributed by atoms with Crippen LogP contribution < -0.4 is 5.32 Å². The lowest BCUT2D eigenvalue weighted by atomic mass is 9.88. The van der Waals surface area contributed by atoms with Gasteiger partial charge in [-0.2, -0.15) is 0 Å². The molecule has 0 saturated carbocycles. The second-order valence-corrected chi connectivity index (χ2v) is 7.96. The smallest absolute Gasteiger partial charge is 0.407 e. The van der Waals surface area contributed by atoms with Crippen molar-refractivity contribution in [3.63, 3.8) is 0 Å². The maximum atomic E-state index is 12.0. The molecule has 1 amide bonds. The second kappa shape index (κ2) is 7.01. The number of likely N-dealkylation sites (tertiary alicyclic amines) is 1. The number of carbonyl (C=O) groups excluding carboxylic acids is 1. The maximum Gasteiger partial charge on any atom is 0.407 e. The molecule has 5 heteroatoms. The lowest BCUT2D eigenvalue weighted by molar-refractivity contribution is 0.0473. The van der Waals surface area contributed by atoms with Gasteiger partial charge in [0, 0.05) is 23.6 Å². The Kier molecular flexibility index (Phi) is 5.50. The molecule has 1 aliphatic rings. The van der Waals surface area contributed by atoms with E-state index in [2.05, 4.69) is 57.5 Å². The molecule has 0 aromatic heterocycles. The highest BCUT2D eigenvalue weighted by Crippen LogP contribution is 2.27. The van der Waals surface area contributed by atoms with E-state index in [9.17, 15) is 4.79 Å². The third-order valence-corrected chi connectivity index (χ3v) is 4.22.